The number of aryl methyl sites for hydroxylation is 1. The van der Waals surface area contributed by atoms with Gasteiger partial charge in [-0.1, -0.05) is 23.8 Å². The van der Waals surface area contributed by atoms with E-state index in [1.54, 1.807) is 55.7 Å². The number of carbonyl (C=O) groups excluding carboxylic acids is 1. The molecule has 0 saturated heterocycles. The number of amides is 1. The maximum atomic E-state index is 12.6. The van der Waals surface area contributed by atoms with E-state index in [0.717, 1.165) is 11.1 Å². The summed E-state index contributed by atoms with van der Waals surface area (Å²) in [6, 6.07) is 18.2. The molecule has 0 fully saturated rings. The fourth-order valence-corrected chi connectivity index (χ4v) is 4.05. The van der Waals surface area contributed by atoms with Crippen LogP contribution in [0.5, 0.6) is 5.75 Å². The Morgan fingerprint density at radius 1 is 1.00 bits per heavy atom. The van der Waals surface area contributed by atoms with Crippen LogP contribution in [0.25, 0.3) is 0 Å². The van der Waals surface area contributed by atoms with Crippen molar-refractivity contribution in [1.82, 2.24) is 0 Å². The van der Waals surface area contributed by atoms with Gasteiger partial charge in [0, 0.05) is 16.9 Å². The van der Waals surface area contributed by atoms with Gasteiger partial charge in [0.05, 0.1) is 12.0 Å². The third-order valence-electron chi connectivity index (χ3n) is 4.63. The number of methoxy groups -OCH3 is 1. The molecule has 0 heterocycles. The van der Waals surface area contributed by atoms with Gasteiger partial charge in [0.1, 0.15) is 5.75 Å². The molecule has 0 radical (unpaired) electrons. The normalized spacial score (nSPS) is 10.9. The highest BCUT2D eigenvalue weighted by atomic mass is 32.2. The molecule has 0 bridgehead atoms. The first-order chi connectivity index (χ1) is 14.8. The monoisotopic (exact) mass is 436 g/mol. The minimum absolute atomic E-state index is 0.101. The van der Waals surface area contributed by atoms with E-state index in [-0.39, 0.29) is 10.8 Å². The molecule has 0 unspecified atom stereocenters. The van der Waals surface area contributed by atoms with Crippen molar-refractivity contribution in [2.45, 2.75) is 18.2 Å². The highest BCUT2D eigenvalue weighted by molar-refractivity contribution is 7.92. The number of hydrogen-bond donors (Lipinski definition) is 2. The summed E-state index contributed by atoms with van der Waals surface area (Å²) in [4.78, 5) is 12.7. The number of anilines is 2. The molecular formula is C24H24N2O4S. The molecule has 3 rings (SSSR count). The molecule has 1 amide bonds. The molecule has 0 spiro atoms. The Hall–Kier alpha value is -3.58. The Morgan fingerprint density at radius 3 is 2.26 bits per heavy atom. The number of ether oxygens (including phenoxy) is 1. The van der Waals surface area contributed by atoms with Crippen LogP contribution in [0, 0.1) is 6.92 Å². The van der Waals surface area contributed by atoms with E-state index >= 15 is 0 Å². The van der Waals surface area contributed by atoms with E-state index < -0.39 is 10.0 Å². The number of carbonyl (C=O) groups is 1. The van der Waals surface area contributed by atoms with Crippen molar-refractivity contribution in [3.63, 3.8) is 0 Å². The molecular weight excluding hydrogens is 412 g/mol. The molecule has 31 heavy (non-hydrogen) atoms. The standard InChI is InChI=1S/C24H24N2O4S/c1-4-5-18-16-19(8-15-23(18)30-3)24(27)25-20-11-13-22(14-12-20)31(28,29)26-21-9-6-17(2)7-10-21/h4,6-16,26H,1,5H2,2-3H3,(H,25,27). The Morgan fingerprint density at radius 2 is 1.65 bits per heavy atom. The van der Waals surface area contributed by atoms with Gasteiger partial charge in [-0.3, -0.25) is 9.52 Å². The quantitative estimate of drug-likeness (QED) is 0.498. The van der Waals surface area contributed by atoms with Crippen LogP contribution in [-0.2, 0) is 16.4 Å². The van der Waals surface area contributed by atoms with Crippen molar-refractivity contribution >= 4 is 27.3 Å². The van der Waals surface area contributed by atoms with Gasteiger partial charge in [-0.05, 0) is 73.5 Å². The summed E-state index contributed by atoms with van der Waals surface area (Å²) in [6.07, 6.45) is 2.31. The van der Waals surface area contributed by atoms with Crippen LogP contribution in [0.1, 0.15) is 21.5 Å². The fourth-order valence-electron chi connectivity index (χ4n) is 2.99. The van der Waals surface area contributed by atoms with Gasteiger partial charge in [-0.2, -0.15) is 0 Å². The van der Waals surface area contributed by atoms with Crippen LogP contribution in [0.15, 0.2) is 84.3 Å². The van der Waals surface area contributed by atoms with E-state index in [1.807, 2.05) is 19.1 Å². The lowest BCUT2D eigenvalue weighted by Crippen LogP contribution is -2.14. The van der Waals surface area contributed by atoms with Crippen LogP contribution >= 0.6 is 0 Å². The first-order valence-electron chi connectivity index (χ1n) is 9.61. The molecule has 160 valence electrons. The van der Waals surface area contributed by atoms with Crippen LogP contribution in [0.4, 0.5) is 11.4 Å². The van der Waals surface area contributed by atoms with Crippen LogP contribution in [0.3, 0.4) is 0 Å². The van der Waals surface area contributed by atoms with Crippen molar-refractivity contribution < 1.29 is 17.9 Å². The Balaban J connectivity index is 1.72. The zero-order chi connectivity index (χ0) is 22.4. The highest BCUT2D eigenvalue weighted by Gasteiger charge is 2.15. The lowest BCUT2D eigenvalue weighted by Gasteiger charge is -2.11. The molecule has 6 nitrogen and oxygen atoms in total. The van der Waals surface area contributed by atoms with Crippen LogP contribution < -0.4 is 14.8 Å². The van der Waals surface area contributed by atoms with Crippen LogP contribution in [-0.4, -0.2) is 21.4 Å². The van der Waals surface area contributed by atoms with E-state index in [0.29, 0.717) is 29.1 Å². The largest absolute Gasteiger partial charge is 0.496 e. The lowest BCUT2D eigenvalue weighted by atomic mass is 10.1. The minimum atomic E-state index is -3.73. The number of rotatable bonds is 8. The number of nitrogens with one attached hydrogen (secondary N) is 2. The molecule has 0 aliphatic heterocycles. The SMILES string of the molecule is C=CCc1cc(C(=O)Nc2ccc(S(=O)(=O)Nc3ccc(C)cc3)cc2)ccc1OC. The predicted octanol–water partition coefficient (Wildman–Crippen LogP) is 4.79. The van der Waals surface area contributed by atoms with Crippen molar-refractivity contribution in [1.29, 1.82) is 0 Å². The number of benzene rings is 3. The number of allylic oxidation sites excluding steroid dienone is 1. The van der Waals surface area contributed by atoms with E-state index in [4.69, 9.17) is 4.74 Å². The maximum absolute atomic E-state index is 12.6. The molecule has 2 N–H and O–H groups in total. The van der Waals surface area contributed by atoms with Gasteiger partial charge in [0.25, 0.3) is 15.9 Å². The predicted molar refractivity (Wildman–Crippen MR) is 123 cm³/mol. The maximum Gasteiger partial charge on any atom is 0.261 e. The zero-order valence-electron chi connectivity index (χ0n) is 17.4. The number of hydrogen-bond acceptors (Lipinski definition) is 4. The second kappa shape index (κ2) is 9.49. The van der Waals surface area contributed by atoms with Crippen molar-refractivity contribution in [3.05, 3.63) is 96.1 Å². The molecule has 0 aliphatic carbocycles. The molecule has 0 aliphatic rings. The second-order valence-corrected chi connectivity index (χ2v) is 8.65. The minimum Gasteiger partial charge on any atom is -0.496 e. The summed E-state index contributed by atoms with van der Waals surface area (Å²) in [5, 5.41) is 2.78. The van der Waals surface area contributed by atoms with Crippen molar-refractivity contribution in [2.75, 3.05) is 17.1 Å². The van der Waals surface area contributed by atoms with Gasteiger partial charge < -0.3 is 10.1 Å². The van der Waals surface area contributed by atoms with Gasteiger partial charge >= 0.3 is 0 Å². The summed E-state index contributed by atoms with van der Waals surface area (Å²) in [5.41, 5.74) is 3.33. The van der Waals surface area contributed by atoms with E-state index in [9.17, 15) is 13.2 Å². The zero-order valence-corrected chi connectivity index (χ0v) is 18.2. The first-order valence-corrected chi connectivity index (χ1v) is 11.1. The summed E-state index contributed by atoms with van der Waals surface area (Å²) in [5.74, 6) is 0.383. The smallest absolute Gasteiger partial charge is 0.261 e. The third kappa shape index (κ3) is 5.52. The molecule has 0 atom stereocenters. The number of sulfonamides is 1. The van der Waals surface area contributed by atoms with Crippen LogP contribution in [0.2, 0.25) is 0 Å². The summed E-state index contributed by atoms with van der Waals surface area (Å²) in [7, 11) is -2.15. The highest BCUT2D eigenvalue weighted by Crippen LogP contribution is 2.22. The van der Waals surface area contributed by atoms with Gasteiger partial charge in [0.15, 0.2) is 0 Å². The Bertz CT molecular complexity index is 1190. The third-order valence-corrected chi connectivity index (χ3v) is 6.03. The molecule has 3 aromatic rings. The van der Waals surface area contributed by atoms with Crippen molar-refractivity contribution in [2.24, 2.45) is 0 Å². The molecule has 7 heteroatoms. The molecule has 3 aromatic carbocycles. The fraction of sp³-hybridized carbons (Fsp3) is 0.125. The summed E-state index contributed by atoms with van der Waals surface area (Å²) >= 11 is 0. The van der Waals surface area contributed by atoms with Crippen molar-refractivity contribution in [3.8, 4) is 5.75 Å². The van der Waals surface area contributed by atoms with Gasteiger partial charge in [-0.25, -0.2) is 8.42 Å². The molecule has 0 saturated carbocycles. The average molecular weight is 437 g/mol. The lowest BCUT2D eigenvalue weighted by molar-refractivity contribution is 0.102. The second-order valence-electron chi connectivity index (χ2n) is 6.97. The Kier molecular flexibility index (Phi) is 6.77. The van der Waals surface area contributed by atoms with E-state index in [2.05, 4.69) is 16.6 Å². The van der Waals surface area contributed by atoms with Gasteiger partial charge in [-0.15, -0.1) is 6.58 Å². The topological polar surface area (TPSA) is 84.5 Å². The first kappa shape index (κ1) is 22.1. The van der Waals surface area contributed by atoms with E-state index in [1.165, 1.54) is 12.1 Å². The average Bonchev–Trinajstić information content (AvgIpc) is 2.76. The summed E-state index contributed by atoms with van der Waals surface area (Å²) < 4.78 is 33.0. The molecule has 0 aromatic heterocycles. The Labute approximate surface area is 182 Å². The van der Waals surface area contributed by atoms with Gasteiger partial charge in [0.2, 0.25) is 0 Å². The summed E-state index contributed by atoms with van der Waals surface area (Å²) in [6.45, 7) is 5.65.